The smallest absolute Gasteiger partial charge is 0.143 e. The minimum atomic E-state index is 0.812. The summed E-state index contributed by atoms with van der Waals surface area (Å²) in [5.41, 5.74) is 4.65. The molecule has 0 fully saturated rings. The van der Waals surface area contributed by atoms with Crippen LogP contribution in [0.2, 0.25) is 0 Å². The zero-order valence-electron chi connectivity index (χ0n) is 18.0. The molecule has 0 saturated heterocycles. The van der Waals surface area contributed by atoms with Crippen molar-refractivity contribution in [3.8, 4) is 33.8 Å². The van der Waals surface area contributed by atoms with Crippen LogP contribution in [-0.4, -0.2) is 4.98 Å². The third-order valence-corrected chi connectivity index (χ3v) is 6.00. The second-order valence-corrected chi connectivity index (χ2v) is 8.03. The van der Waals surface area contributed by atoms with Gasteiger partial charge in [0.25, 0.3) is 0 Å². The Hall–Kier alpha value is -4.43. The van der Waals surface area contributed by atoms with Crippen molar-refractivity contribution in [2.45, 2.75) is 0 Å². The van der Waals surface area contributed by atoms with Crippen LogP contribution in [0.15, 0.2) is 128 Å². The van der Waals surface area contributed by atoms with E-state index in [4.69, 9.17) is 4.74 Å². The highest BCUT2D eigenvalue weighted by molar-refractivity contribution is 6.16. The lowest BCUT2D eigenvalue weighted by Gasteiger charge is -2.17. The minimum absolute atomic E-state index is 0.812. The molecule has 0 aliphatic heterocycles. The van der Waals surface area contributed by atoms with Gasteiger partial charge in [-0.2, -0.15) is 0 Å². The molecule has 0 aliphatic carbocycles. The van der Waals surface area contributed by atoms with Gasteiger partial charge < -0.3 is 4.74 Å². The van der Waals surface area contributed by atoms with Gasteiger partial charge in [0.05, 0.1) is 0 Å². The van der Waals surface area contributed by atoms with E-state index in [9.17, 15) is 0 Å². The van der Waals surface area contributed by atoms with Gasteiger partial charge >= 0.3 is 0 Å². The van der Waals surface area contributed by atoms with Gasteiger partial charge in [0, 0.05) is 28.6 Å². The number of nitrogens with zero attached hydrogens (tertiary/aromatic N) is 1. The maximum absolute atomic E-state index is 6.63. The van der Waals surface area contributed by atoms with Gasteiger partial charge in [-0.25, -0.2) is 0 Å². The summed E-state index contributed by atoms with van der Waals surface area (Å²) in [4.78, 5) is 4.45. The van der Waals surface area contributed by atoms with E-state index in [1.807, 2.05) is 42.7 Å². The van der Waals surface area contributed by atoms with Crippen LogP contribution in [0.4, 0.5) is 0 Å². The summed E-state index contributed by atoms with van der Waals surface area (Å²) in [6.07, 6.45) is 3.77. The van der Waals surface area contributed by atoms with Crippen molar-refractivity contribution in [3.63, 3.8) is 0 Å². The second kappa shape index (κ2) is 8.25. The number of ether oxygens (including phenoxy) is 1. The first kappa shape index (κ1) is 19.3. The van der Waals surface area contributed by atoms with Crippen molar-refractivity contribution >= 4 is 21.5 Å². The molecule has 0 bridgehead atoms. The van der Waals surface area contributed by atoms with Crippen LogP contribution < -0.4 is 4.74 Å². The molecule has 0 radical (unpaired) electrons. The molecular weight excluding hydrogens is 402 g/mol. The summed E-state index contributed by atoms with van der Waals surface area (Å²) in [7, 11) is 0. The van der Waals surface area contributed by atoms with Crippen LogP contribution in [0.3, 0.4) is 0 Å². The SMILES string of the molecule is c1ccc(-c2cccc(Oc3c4ccccc4c(-c4ccccc4)c4cnccc34)c2)cc1. The van der Waals surface area contributed by atoms with E-state index in [0.717, 1.165) is 38.6 Å². The standard InChI is InChI=1S/C31H21NO/c1-3-10-22(11-4-1)24-14-9-15-25(20-24)33-31-27-17-8-7-16-26(27)30(23-12-5-2-6-13-23)29-21-32-19-18-28(29)31/h1-21H. The fourth-order valence-corrected chi connectivity index (χ4v) is 4.49. The predicted octanol–water partition coefficient (Wildman–Crippen LogP) is 8.51. The number of rotatable bonds is 4. The molecule has 6 aromatic rings. The molecule has 1 aromatic heterocycles. The fourth-order valence-electron chi connectivity index (χ4n) is 4.49. The largest absolute Gasteiger partial charge is 0.456 e. The average molecular weight is 424 g/mol. The molecule has 0 atom stereocenters. The normalized spacial score (nSPS) is 11.0. The van der Waals surface area contributed by atoms with Crippen LogP contribution in [0.5, 0.6) is 11.5 Å². The molecule has 2 nitrogen and oxygen atoms in total. The maximum Gasteiger partial charge on any atom is 0.143 e. The van der Waals surface area contributed by atoms with Gasteiger partial charge in [-0.05, 0) is 45.8 Å². The van der Waals surface area contributed by atoms with Gasteiger partial charge in [-0.15, -0.1) is 0 Å². The lowest BCUT2D eigenvalue weighted by molar-refractivity contribution is 0.494. The molecule has 0 unspecified atom stereocenters. The monoisotopic (exact) mass is 423 g/mol. The molecule has 0 spiro atoms. The quantitative estimate of drug-likeness (QED) is 0.265. The first-order valence-corrected chi connectivity index (χ1v) is 11.1. The lowest BCUT2D eigenvalue weighted by atomic mass is 9.92. The van der Waals surface area contributed by atoms with E-state index in [2.05, 4.69) is 89.9 Å². The van der Waals surface area contributed by atoms with E-state index in [1.54, 1.807) is 0 Å². The van der Waals surface area contributed by atoms with Crippen molar-refractivity contribution in [2.75, 3.05) is 0 Å². The van der Waals surface area contributed by atoms with Crippen molar-refractivity contribution < 1.29 is 4.74 Å². The number of fused-ring (bicyclic) bond motifs is 2. The Bertz CT molecular complexity index is 1520. The average Bonchev–Trinajstić information content (AvgIpc) is 2.90. The van der Waals surface area contributed by atoms with Gasteiger partial charge in [0.2, 0.25) is 0 Å². The summed E-state index contributed by atoms with van der Waals surface area (Å²) in [6.45, 7) is 0. The molecule has 0 saturated carbocycles. The Morgan fingerprint density at radius 3 is 1.91 bits per heavy atom. The van der Waals surface area contributed by atoms with Crippen molar-refractivity contribution in [1.82, 2.24) is 4.98 Å². The molecule has 33 heavy (non-hydrogen) atoms. The van der Waals surface area contributed by atoms with Gasteiger partial charge in [0.1, 0.15) is 11.5 Å². The summed E-state index contributed by atoms with van der Waals surface area (Å²) in [5, 5.41) is 4.36. The van der Waals surface area contributed by atoms with E-state index in [0.29, 0.717) is 0 Å². The summed E-state index contributed by atoms with van der Waals surface area (Å²) in [6, 6.07) is 39.6. The van der Waals surface area contributed by atoms with Crippen molar-refractivity contribution in [2.24, 2.45) is 0 Å². The molecule has 5 aromatic carbocycles. The number of hydrogen-bond donors (Lipinski definition) is 0. The Morgan fingerprint density at radius 1 is 0.485 bits per heavy atom. The van der Waals surface area contributed by atoms with E-state index >= 15 is 0 Å². The first-order chi connectivity index (χ1) is 16.4. The van der Waals surface area contributed by atoms with Gasteiger partial charge in [-0.1, -0.05) is 97.1 Å². The van der Waals surface area contributed by atoms with Crippen LogP contribution in [0.25, 0.3) is 43.8 Å². The highest BCUT2D eigenvalue weighted by Crippen LogP contribution is 2.44. The molecule has 1 heterocycles. The van der Waals surface area contributed by atoms with E-state index in [1.165, 1.54) is 16.7 Å². The van der Waals surface area contributed by atoms with Gasteiger partial charge in [-0.3, -0.25) is 4.98 Å². The maximum atomic E-state index is 6.63. The minimum Gasteiger partial charge on any atom is -0.456 e. The Kier molecular flexibility index (Phi) is 4.82. The van der Waals surface area contributed by atoms with Crippen molar-refractivity contribution in [1.29, 1.82) is 0 Å². The highest BCUT2D eigenvalue weighted by atomic mass is 16.5. The summed E-state index contributed by atoms with van der Waals surface area (Å²) < 4.78 is 6.63. The zero-order chi connectivity index (χ0) is 22.0. The van der Waals surface area contributed by atoms with E-state index in [-0.39, 0.29) is 0 Å². The molecule has 0 N–H and O–H groups in total. The molecule has 6 rings (SSSR count). The van der Waals surface area contributed by atoms with Crippen molar-refractivity contribution in [3.05, 3.63) is 128 Å². The number of hydrogen-bond acceptors (Lipinski definition) is 2. The van der Waals surface area contributed by atoms with E-state index < -0.39 is 0 Å². The third-order valence-electron chi connectivity index (χ3n) is 6.00. The fraction of sp³-hybridized carbons (Fsp3) is 0. The molecule has 2 heteroatoms. The number of pyridine rings is 1. The van der Waals surface area contributed by atoms with Crippen LogP contribution >= 0.6 is 0 Å². The Balaban J connectivity index is 1.57. The topological polar surface area (TPSA) is 22.1 Å². The third kappa shape index (κ3) is 3.52. The van der Waals surface area contributed by atoms with Gasteiger partial charge in [0.15, 0.2) is 0 Å². The van der Waals surface area contributed by atoms with Crippen LogP contribution in [-0.2, 0) is 0 Å². The molecular formula is C31H21NO. The number of benzene rings is 5. The molecule has 156 valence electrons. The van der Waals surface area contributed by atoms with Crippen LogP contribution in [0.1, 0.15) is 0 Å². The summed E-state index contributed by atoms with van der Waals surface area (Å²) in [5.74, 6) is 1.67. The highest BCUT2D eigenvalue weighted by Gasteiger charge is 2.17. The molecule has 0 aliphatic rings. The first-order valence-electron chi connectivity index (χ1n) is 11.1. The second-order valence-electron chi connectivity index (χ2n) is 8.03. The predicted molar refractivity (Wildman–Crippen MR) is 137 cm³/mol. The number of aromatic nitrogens is 1. The Labute approximate surface area is 192 Å². The zero-order valence-corrected chi connectivity index (χ0v) is 18.0. The lowest BCUT2D eigenvalue weighted by Crippen LogP contribution is -1.93. The Morgan fingerprint density at radius 2 is 1.12 bits per heavy atom. The molecule has 0 amide bonds. The summed E-state index contributed by atoms with van der Waals surface area (Å²) >= 11 is 0. The van der Waals surface area contributed by atoms with Crippen LogP contribution in [0, 0.1) is 0 Å².